The van der Waals surface area contributed by atoms with Gasteiger partial charge in [-0.25, -0.2) is 4.79 Å². The number of rotatable bonds is 30. The molecule has 3 aromatic carbocycles. The summed E-state index contributed by atoms with van der Waals surface area (Å²) >= 11 is 0. The molecule has 6 heteroatoms. The summed E-state index contributed by atoms with van der Waals surface area (Å²) in [5.41, 5.74) is 0.952. The van der Waals surface area contributed by atoms with E-state index in [0.717, 1.165) is 48.5 Å². The van der Waals surface area contributed by atoms with Gasteiger partial charge in [-0.3, -0.25) is 0 Å². The fraction of sp³-hybridized carbons (Fsp3) is 0.627. The van der Waals surface area contributed by atoms with Crippen molar-refractivity contribution in [2.75, 3.05) is 13.2 Å². The number of ether oxygens (including phenoxy) is 3. The maximum absolute atomic E-state index is 14.1. The summed E-state index contributed by atoms with van der Waals surface area (Å²) < 4.78 is 17.7. The molecule has 4 rings (SSSR count). The molecule has 0 unspecified atom stereocenters. The van der Waals surface area contributed by atoms with E-state index in [-0.39, 0.29) is 0 Å². The molecule has 1 fully saturated rings. The second kappa shape index (κ2) is 25.9. The fourth-order valence-electron chi connectivity index (χ4n) is 8.32. The van der Waals surface area contributed by atoms with E-state index >= 15 is 0 Å². The molecule has 0 spiro atoms. The summed E-state index contributed by atoms with van der Waals surface area (Å²) in [6.07, 6.45) is 30.3. The molecule has 0 bridgehead atoms. The summed E-state index contributed by atoms with van der Waals surface area (Å²) in [7, 11) is 0. The van der Waals surface area contributed by atoms with Gasteiger partial charge in [0.2, 0.25) is 0 Å². The van der Waals surface area contributed by atoms with Crippen LogP contribution in [0.1, 0.15) is 203 Å². The molecule has 57 heavy (non-hydrogen) atoms. The van der Waals surface area contributed by atoms with E-state index in [2.05, 4.69) is 13.8 Å². The minimum Gasteiger partial charge on any atom is -0.494 e. The number of hydrogen-bond donors (Lipinski definition) is 0. The third-order valence-corrected chi connectivity index (χ3v) is 12.3. The lowest BCUT2D eigenvalue weighted by Crippen LogP contribution is -2.44. The molecule has 1 aliphatic heterocycles. The molecule has 1 saturated heterocycles. The highest BCUT2D eigenvalue weighted by atomic mass is 16.5. The smallest absolute Gasteiger partial charge is 0.343 e. The average molecular weight is 783 g/mol. The Labute approximate surface area is 347 Å². The van der Waals surface area contributed by atoms with Crippen LogP contribution in [0.3, 0.4) is 0 Å². The minimum atomic E-state index is -0.717. The van der Waals surface area contributed by atoms with Crippen molar-refractivity contribution in [2.24, 2.45) is 0 Å². The molecular weight excluding hydrogens is 707 g/mol. The number of benzene rings is 3. The third kappa shape index (κ3) is 15.4. The van der Waals surface area contributed by atoms with Crippen LogP contribution in [0.5, 0.6) is 17.2 Å². The molecule has 0 N–H and O–H groups in total. The standard InChI is InChI=1S/C51H76NO5/c1-5-7-9-11-13-15-17-19-21-23-25-41-55-46-33-31-45(32-34-46)51(4)40-39-50(3,52(51)54)44-29-27-43(28-30-44)49(53)57-48-37-35-47(36-38-48)56-42-26-24-22-20-18-16-14-12-10-8-6-2/h27-38H,5-26,39-42H2,1-4H3/t50-,51-/m0/s1. The topological polar surface area (TPSA) is 67.9 Å². The molecule has 3 aromatic rings. The number of nitrogens with zero attached hydrogens (tertiary/aromatic N) is 1. The number of carbonyl (C=O) groups excluding carboxylic acids is 1. The van der Waals surface area contributed by atoms with Crippen LogP contribution in [-0.2, 0) is 16.3 Å². The van der Waals surface area contributed by atoms with Gasteiger partial charge in [0.05, 0.1) is 29.9 Å². The maximum Gasteiger partial charge on any atom is 0.343 e. The van der Waals surface area contributed by atoms with Gasteiger partial charge in [0.15, 0.2) is 0 Å². The first-order valence-corrected chi connectivity index (χ1v) is 23.1. The Morgan fingerprint density at radius 3 is 1.18 bits per heavy atom. The highest BCUT2D eigenvalue weighted by molar-refractivity contribution is 5.91. The zero-order chi connectivity index (χ0) is 40.6. The molecule has 1 aliphatic rings. The van der Waals surface area contributed by atoms with Crippen molar-refractivity contribution >= 4 is 5.97 Å². The lowest BCUT2D eigenvalue weighted by atomic mass is 9.89. The van der Waals surface area contributed by atoms with Gasteiger partial charge in [-0.1, -0.05) is 167 Å². The number of hydroxylamine groups is 2. The van der Waals surface area contributed by atoms with Crippen LogP contribution in [0, 0.1) is 0 Å². The molecule has 1 heterocycles. The summed E-state index contributed by atoms with van der Waals surface area (Å²) in [6.45, 7) is 10.0. The number of carbonyl (C=O) groups is 1. The van der Waals surface area contributed by atoms with Crippen LogP contribution in [0.15, 0.2) is 72.8 Å². The Kier molecular flexibility index (Phi) is 21.1. The number of hydrogen-bond acceptors (Lipinski definition) is 5. The minimum absolute atomic E-state index is 0.428. The highest BCUT2D eigenvalue weighted by Gasteiger charge is 2.52. The van der Waals surface area contributed by atoms with Crippen LogP contribution < -0.4 is 14.2 Å². The second-order valence-corrected chi connectivity index (χ2v) is 17.1. The van der Waals surface area contributed by atoms with Crippen molar-refractivity contribution in [1.82, 2.24) is 5.06 Å². The molecular formula is C51H76NO5. The summed E-state index contributed by atoms with van der Waals surface area (Å²) in [5, 5.41) is 15.3. The quantitative estimate of drug-likeness (QED) is 0.0383. The van der Waals surface area contributed by atoms with Crippen LogP contribution in [0.25, 0.3) is 0 Å². The largest absolute Gasteiger partial charge is 0.494 e. The van der Waals surface area contributed by atoms with E-state index < -0.39 is 17.0 Å². The van der Waals surface area contributed by atoms with Crippen LogP contribution in [0.2, 0.25) is 0 Å². The first-order valence-electron chi connectivity index (χ1n) is 23.1. The van der Waals surface area contributed by atoms with Gasteiger partial charge in [0.1, 0.15) is 17.2 Å². The van der Waals surface area contributed by atoms with E-state index in [1.54, 1.807) is 24.3 Å². The maximum atomic E-state index is 14.1. The fourth-order valence-corrected chi connectivity index (χ4v) is 8.32. The van der Waals surface area contributed by atoms with Crippen LogP contribution in [0.4, 0.5) is 0 Å². The monoisotopic (exact) mass is 783 g/mol. The van der Waals surface area contributed by atoms with Gasteiger partial charge in [-0.2, -0.15) is 0 Å². The first kappa shape index (κ1) is 46.3. The van der Waals surface area contributed by atoms with E-state index in [0.29, 0.717) is 24.3 Å². The molecule has 6 nitrogen and oxygen atoms in total. The van der Waals surface area contributed by atoms with E-state index in [1.807, 2.05) is 62.4 Å². The van der Waals surface area contributed by atoms with Crippen molar-refractivity contribution in [3.05, 3.63) is 89.5 Å². The van der Waals surface area contributed by atoms with E-state index in [4.69, 9.17) is 14.2 Å². The Morgan fingerprint density at radius 1 is 0.474 bits per heavy atom. The number of esters is 1. The zero-order valence-electron chi connectivity index (χ0n) is 36.3. The van der Waals surface area contributed by atoms with Gasteiger partial charge in [0, 0.05) is 0 Å². The van der Waals surface area contributed by atoms with Crippen molar-refractivity contribution in [3.8, 4) is 17.2 Å². The predicted molar refractivity (Wildman–Crippen MR) is 235 cm³/mol. The van der Waals surface area contributed by atoms with Crippen LogP contribution >= 0.6 is 0 Å². The normalized spacial score (nSPS) is 18.2. The van der Waals surface area contributed by atoms with E-state index in [9.17, 15) is 10.0 Å². The lowest BCUT2D eigenvalue weighted by molar-refractivity contribution is -0.260. The van der Waals surface area contributed by atoms with Crippen molar-refractivity contribution in [3.63, 3.8) is 0 Å². The molecule has 1 radical (unpaired) electrons. The van der Waals surface area contributed by atoms with Crippen molar-refractivity contribution < 1.29 is 24.2 Å². The molecule has 2 atom stereocenters. The van der Waals surface area contributed by atoms with Gasteiger partial charge >= 0.3 is 5.97 Å². The summed E-state index contributed by atoms with van der Waals surface area (Å²) in [6, 6.07) is 22.7. The highest BCUT2D eigenvalue weighted by Crippen LogP contribution is 2.51. The molecule has 0 saturated carbocycles. The molecule has 315 valence electrons. The number of unbranched alkanes of at least 4 members (excludes halogenated alkanes) is 20. The SMILES string of the molecule is CCCCCCCCCCCCCOc1ccc(OC(=O)c2ccc([C@]3(C)CC[C@@](C)(c4ccc(OCCCCCCCCCCCCC)cc4)N3[O])cc2)cc1. The third-order valence-electron chi connectivity index (χ3n) is 12.3. The lowest BCUT2D eigenvalue weighted by Gasteiger charge is -2.37. The van der Waals surface area contributed by atoms with Crippen LogP contribution in [-0.4, -0.2) is 24.2 Å². The molecule has 0 aliphatic carbocycles. The Bertz CT molecular complexity index is 1510. The summed E-state index contributed by atoms with van der Waals surface area (Å²) in [5.74, 6) is 1.68. The van der Waals surface area contributed by atoms with Gasteiger partial charge in [0.25, 0.3) is 0 Å². The second-order valence-electron chi connectivity index (χ2n) is 17.1. The first-order chi connectivity index (χ1) is 27.8. The average Bonchev–Trinajstić information content (AvgIpc) is 3.48. The Balaban J connectivity index is 1.14. The van der Waals surface area contributed by atoms with Crippen molar-refractivity contribution in [1.29, 1.82) is 0 Å². The molecule has 0 amide bonds. The zero-order valence-corrected chi connectivity index (χ0v) is 36.3. The van der Waals surface area contributed by atoms with Gasteiger partial charge in [-0.05, 0) is 99.2 Å². The predicted octanol–water partition coefficient (Wildman–Crippen LogP) is 14.9. The van der Waals surface area contributed by atoms with Gasteiger partial charge in [-0.15, -0.1) is 10.3 Å². The Hall–Kier alpha value is -3.35. The van der Waals surface area contributed by atoms with E-state index in [1.165, 1.54) is 133 Å². The summed E-state index contributed by atoms with van der Waals surface area (Å²) in [4.78, 5) is 13.0. The van der Waals surface area contributed by atoms with Gasteiger partial charge < -0.3 is 14.2 Å². The Morgan fingerprint density at radius 2 is 0.789 bits per heavy atom. The van der Waals surface area contributed by atoms with Crippen molar-refractivity contribution in [2.45, 2.75) is 193 Å². The molecule has 0 aromatic heterocycles.